The van der Waals surface area contributed by atoms with E-state index in [1.54, 1.807) is 0 Å². The van der Waals surface area contributed by atoms with E-state index in [1.807, 2.05) is 0 Å². The summed E-state index contributed by atoms with van der Waals surface area (Å²) in [7, 11) is 4.13. The number of hydrogen-bond acceptors (Lipinski definition) is 3. The molecule has 0 aliphatic carbocycles. The Bertz CT molecular complexity index is 76.0. The van der Waals surface area contributed by atoms with Crippen LogP contribution < -0.4 is 5.90 Å². The lowest BCUT2D eigenvalue weighted by Crippen LogP contribution is -2.18. The van der Waals surface area contributed by atoms with Gasteiger partial charge >= 0.3 is 0 Å². The second-order valence-corrected chi connectivity index (χ2v) is 3.03. The SMILES string of the molecule is CC(CCN(C)C)CON. The van der Waals surface area contributed by atoms with Crippen LogP contribution in [0.5, 0.6) is 0 Å². The Balaban J connectivity index is 3.12. The van der Waals surface area contributed by atoms with Gasteiger partial charge in [-0.25, -0.2) is 5.90 Å². The van der Waals surface area contributed by atoms with Gasteiger partial charge in [-0.15, -0.1) is 0 Å². The first-order valence-electron chi connectivity index (χ1n) is 3.63. The van der Waals surface area contributed by atoms with E-state index in [0.717, 1.165) is 13.0 Å². The standard InChI is InChI=1S/C7H18N2O/c1-7(6-10-8)4-5-9(2)3/h7H,4-6,8H2,1-3H3. The molecule has 0 amide bonds. The number of nitrogens with two attached hydrogens (primary N) is 1. The van der Waals surface area contributed by atoms with Gasteiger partial charge in [-0.1, -0.05) is 6.92 Å². The highest BCUT2D eigenvalue weighted by Gasteiger charge is 2.01. The first kappa shape index (κ1) is 9.88. The van der Waals surface area contributed by atoms with Crippen molar-refractivity contribution < 1.29 is 4.84 Å². The van der Waals surface area contributed by atoms with Crippen molar-refractivity contribution in [2.24, 2.45) is 11.8 Å². The molecule has 0 bridgehead atoms. The molecule has 0 aromatic rings. The Morgan fingerprint density at radius 1 is 1.50 bits per heavy atom. The van der Waals surface area contributed by atoms with Crippen LogP contribution in [0.3, 0.4) is 0 Å². The predicted octanol–water partition coefficient (Wildman–Crippen LogP) is 0.465. The Morgan fingerprint density at radius 3 is 2.50 bits per heavy atom. The smallest absolute Gasteiger partial charge is 0.0705 e. The molecule has 0 spiro atoms. The molecular weight excluding hydrogens is 128 g/mol. The van der Waals surface area contributed by atoms with Crippen LogP contribution in [-0.4, -0.2) is 32.1 Å². The molecule has 0 saturated carbocycles. The van der Waals surface area contributed by atoms with Crippen LogP contribution in [0.1, 0.15) is 13.3 Å². The van der Waals surface area contributed by atoms with Crippen molar-refractivity contribution in [1.29, 1.82) is 0 Å². The van der Waals surface area contributed by atoms with Crippen LogP contribution in [0, 0.1) is 5.92 Å². The van der Waals surface area contributed by atoms with Gasteiger partial charge in [0, 0.05) is 0 Å². The minimum Gasteiger partial charge on any atom is -0.309 e. The Hall–Kier alpha value is -0.120. The lowest BCUT2D eigenvalue weighted by molar-refractivity contribution is 0.101. The molecule has 3 heteroatoms. The van der Waals surface area contributed by atoms with Crippen molar-refractivity contribution in [3.05, 3.63) is 0 Å². The molecule has 1 atom stereocenters. The van der Waals surface area contributed by atoms with E-state index < -0.39 is 0 Å². The Labute approximate surface area is 63.1 Å². The van der Waals surface area contributed by atoms with Gasteiger partial charge in [0.25, 0.3) is 0 Å². The summed E-state index contributed by atoms with van der Waals surface area (Å²) in [6.45, 7) is 3.90. The zero-order valence-electron chi connectivity index (χ0n) is 7.13. The first-order chi connectivity index (χ1) is 4.66. The molecule has 0 heterocycles. The van der Waals surface area contributed by atoms with Crippen LogP contribution in [-0.2, 0) is 4.84 Å². The summed E-state index contributed by atoms with van der Waals surface area (Å²) >= 11 is 0. The zero-order valence-corrected chi connectivity index (χ0v) is 7.13. The third kappa shape index (κ3) is 6.01. The summed E-state index contributed by atoms with van der Waals surface area (Å²) in [6, 6.07) is 0. The molecule has 0 aliphatic heterocycles. The second kappa shape index (κ2) is 5.65. The summed E-state index contributed by atoms with van der Waals surface area (Å²) in [5, 5.41) is 0. The van der Waals surface area contributed by atoms with Gasteiger partial charge < -0.3 is 9.74 Å². The van der Waals surface area contributed by atoms with Crippen molar-refractivity contribution in [2.75, 3.05) is 27.2 Å². The maximum absolute atomic E-state index is 4.92. The summed E-state index contributed by atoms with van der Waals surface area (Å²) in [6.07, 6.45) is 1.14. The summed E-state index contributed by atoms with van der Waals surface area (Å²) in [5.41, 5.74) is 0. The van der Waals surface area contributed by atoms with Gasteiger partial charge in [-0.3, -0.25) is 0 Å². The number of rotatable bonds is 5. The molecule has 10 heavy (non-hydrogen) atoms. The third-order valence-corrected chi connectivity index (χ3v) is 1.45. The van der Waals surface area contributed by atoms with Crippen LogP contribution in [0.25, 0.3) is 0 Å². The van der Waals surface area contributed by atoms with Gasteiger partial charge in [0.05, 0.1) is 6.61 Å². The molecule has 0 radical (unpaired) electrons. The monoisotopic (exact) mass is 146 g/mol. The summed E-state index contributed by atoms with van der Waals surface area (Å²) in [5.74, 6) is 5.48. The van der Waals surface area contributed by atoms with Gasteiger partial charge in [-0.2, -0.15) is 0 Å². The van der Waals surface area contributed by atoms with Gasteiger partial charge in [-0.05, 0) is 33.0 Å². The highest BCUT2D eigenvalue weighted by molar-refractivity contribution is 4.52. The predicted molar refractivity (Wildman–Crippen MR) is 42.5 cm³/mol. The highest BCUT2D eigenvalue weighted by Crippen LogP contribution is 2.00. The molecule has 0 aromatic carbocycles. The average molecular weight is 146 g/mol. The molecule has 62 valence electrons. The highest BCUT2D eigenvalue weighted by atomic mass is 16.6. The van der Waals surface area contributed by atoms with E-state index in [0.29, 0.717) is 12.5 Å². The molecule has 1 unspecified atom stereocenters. The first-order valence-corrected chi connectivity index (χ1v) is 3.63. The lowest BCUT2D eigenvalue weighted by Gasteiger charge is -2.13. The number of nitrogens with zero attached hydrogens (tertiary/aromatic N) is 1. The van der Waals surface area contributed by atoms with Gasteiger partial charge in [0.1, 0.15) is 0 Å². The van der Waals surface area contributed by atoms with E-state index in [9.17, 15) is 0 Å². The van der Waals surface area contributed by atoms with Crippen molar-refractivity contribution in [3.63, 3.8) is 0 Å². The fraction of sp³-hybridized carbons (Fsp3) is 1.00. The molecule has 0 rings (SSSR count). The maximum atomic E-state index is 4.92. The van der Waals surface area contributed by atoms with Crippen molar-refractivity contribution >= 4 is 0 Å². The molecule has 0 fully saturated rings. The van der Waals surface area contributed by atoms with E-state index >= 15 is 0 Å². The largest absolute Gasteiger partial charge is 0.309 e. The maximum Gasteiger partial charge on any atom is 0.0705 e. The topological polar surface area (TPSA) is 38.5 Å². The minimum atomic E-state index is 0.562. The van der Waals surface area contributed by atoms with E-state index in [-0.39, 0.29) is 0 Å². The van der Waals surface area contributed by atoms with Crippen LogP contribution in [0.2, 0.25) is 0 Å². The average Bonchev–Trinajstić information content (AvgIpc) is 1.85. The molecule has 0 saturated heterocycles. The molecular formula is C7H18N2O. The van der Waals surface area contributed by atoms with Gasteiger partial charge in [0.2, 0.25) is 0 Å². The third-order valence-electron chi connectivity index (χ3n) is 1.45. The summed E-state index contributed by atoms with van der Waals surface area (Å²) in [4.78, 5) is 6.68. The minimum absolute atomic E-state index is 0.562. The van der Waals surface area contributed by atoms with Crippen molar-refractivity contribution in [2.45, 2.75) is 13.3 Å². The molecule has 0 aromatic heterocycles. The second-order valence-electron chi connectivity index (χ2n) is 3.03. The number of hydrogen-bond donors (Lipinski definition) is 1. The van der Waals surface area contributed by atoms with Gasteiger partial charge in [0.15, 0.2) is 0 Å². The zero-order chi connectivity index (χ0) is 7.98. The lowest BCUT2D eigenvalue weighted by atomic mass is 10.1. The normalized spacial score (nSPS) is 14.1. The van der Waals surface area contributed by atoms with E-state index in [1.165, 1.54) is 0 Å². The van der Waals surface area contributed by atoms with Crippen molar-refractivity contribution in [3.8, 4) is 0 Å². The molecule has 3 nitrogen and oxygen atoms in total. The Morgan fingerprint density at radius 2 is 2.10 bits per heavy atom. The molecule has 2 N–H and O–H groups in total. The van der Waals surface area contributed by atoms with Crippen LogP contribution in [0.4, 0.5) is 0 Å². The van der Waals surface area contributed by atoms with E-state index in [2.05, 4.69) is 30.8 Å². The fourth-order valence-electron chi connectivity index (χ4n) is 0.726. The molecule has 0 aliphatic rings. The van der Waals surface area contributed by atoms with Crippen LogP contribution >= 0.6 is 0 Å². The quantitative estimate of drug-likeness (QED) is 0.573. The van der Waals surface area contributed by atoms with Crippen LogP contribution in [0.15, 0.2) is 0 Å². The fourth-order valence-corrected chi connectivity index (χ4v) is 0.726. The summed E-state index contributed by atoms with van der Waals surface area (Å²) < 4.78 is 0. The van der Waals surface area contributed by atoms with E-state index in [4.69, 9.17) is 5.90 Å². The Kier molecular flexibility index (Phi) is 5.58. The van der Waals surface area contributed by atoms with Crippen molar-refractivity contribution in [1.82, 2.24) is 4.90 Å².